The maximum absolute atomic E-state index is 12.1. The van der Waals surface area contributed by atoms with Crippen molar-refractivity contribution in [3.8, 4) is 0 Å². The van der Waals surface area contributed by atoms with Gasteiger partial charge in [0.2, 0.25) is 0 Å². The lowest BCUT2D eigenvalue weighted by atomic mass is 10.2. The molecule has 3 heteroatoms. The van der Waals surface area contributed by atoms with Gasteiger partial charge in [-0.1, -0.05) is 25.1 Å². The van der Waals surface area contributed by atoms with Crippen LogP contribution in [0.15, 0.2) is 29.2 Å². The second-order valence-electron chi connectivity index (χ2n) is 4.06. The van der Waals surface area contributed by atoms with Crippen LogP contribution in [0.25, 0.3) is 0 Å². The summed E-state index contributed by atoms with van der Waals surface area (Å²) in [5.74, 6) is 0.735. The van der Waals surface area contributed by atoms with Crippen molar-refractivity contribution in [3.05, 3.63) is 29.8 Å². The molecule has 0 spiro atoms. The largest absolute Gasteiger partial charge is 0.315 e. The number of nitrogens with one attached hydrogen (secondary N) is 1. The van der Waals surface area contributed by atoms with Crippen molar-refractivity contribution in [1.82, 2.24) is 5.32 Å². The Morgan fingerprint density at radius 1 is 1.38 bits per heavy atom. The van der Waals surface area contributed by atoms with Gasteiger partial charge < -0.3 is 5.32 Å². The van der Waals surface area contributed by atoms with Gasteiger partial charge in [0.05, 0.1) is 10.8 Å². The van der Waals surface area contributed by atoms with Gasteiger partial charge in [-0.25, -0.2) is 0 Å². The number of aryl methyl sites for hydroxylation is 1. The first kappa shape index (κ1) is 13.4. The van der Waals surface area contributed by atoms with Crippen LogP contribution in [0.3, 0.4) is 0 Å². The SMILES string of the molecule is CCNC(C)CCS(=O)c1ccccc1C. The summed E-state index contributed by atoms with van der Waals surface area (Å²) in [6, 6.07) is 8.35. The van der Waals surface area contributed by atoms with E-state index in [4.69, 9.17) is 0 Å². The van der Waals surface area contributed by atoms with Gasteiger partial charge in [0.15, 0.2) is 0 Å². The van der Waals surface area contributed by atoms with Gasteiger partial charge in [0, 0.05) is 16.7 Å². The predicted molar refractivity (Wildman–Crippen MR) is 70.2 cm³/mol. The van der Waals surface area contributed by atoms with Gasteiger partial charge in [0.25, 0.3) is 0 Å². The molecule has 1 aromatic rings. The molecule has 90 valence electrons. The molecule has 2 unspecified atom stereocenters. The third kappa shape index (κ3) is 4.06. The molecule has 0 amide bonds. The molecular formula is C13H21NOS. The van der Waals surface area contributed by atoms with Crippen molar-refractivity contribution in [1.29, 1.82) is 0 Å². The van der Waals surface area contributed by atoms with E-state index in [1.54, 1.807) is 0 Å². The van der Waals surface area contributed by atoms with Crippen LogP contribution in [0, 0.1) is 6.92 Å². The molecule has 0 aromatic heterocycles. The molecule has 1 N–H and O–H groups in total. The topological polar surface area (TPSA) is 29.1 Å². The van der Waals surface area contributed by atoms with Gasteiger partial charge in [-0.15, -0.1) is 0 Å². The zero-order chi connectivity index (χ0) is 12.0. The Labute approximate surface area is 101 Å². The predicted octanol–water partition coefficient (Wildman–Crippen LogP) is 2.49. The van der Waals surface area contributed by atoms with Gasteiger partial charge in [0.1, 0.15) is 0 Å². The highest BCUT2D eigenvalue weighted by molar-refractivity contribution is 7.85. The molecule has 0 aliphatic rings. The van der Waals surface area contributed by atoms with Crippen LogP contribution >= 0.6 is 0 Å². The van der Waals surface area contributed by atoms with E-state index in [1.807, 2.05) is 31.2 Å². The van der Waals surface area contributed by atoms with Crippen LogP contribution in [-0.4, -0.2) is 22.5 Å². The molecule has 0 aliphatic heterocycles. The first-order valence-corrected chi connectivity index (χ1v) is 7.14. The first-order chi connectivity index (χ1) is 7.65. The lowest BCUT2D eigenvalue weighted by Gasteiger charge is -2.12. The summed E-state index contributed by atoms with van der Waals surface area (Å²) in [7, 11) is -0.859. The van der Waals surface area contributed by atoms with E-state index in [9.17, 15) is 4.21 Å². The molecule has 0 fully saturated rings. The number of hydrogen-bond donors (Lipinski definition) is 1. The Hall–Kier alpha value is -0.670. The maximum atomic E-state index is 12.1. The summed E-state index contributed by atoms with van der Waals surface area (Å²) in [6.45, 7) is 7.21. The van der Waals surface area contributed by atoms with Gasteiger partial charge >= 0.3 is 0 Å². The van der Waals surface area contributed by atoms with Crippen LogP contribution < -0.4 is 5.32 Å². The summed E-state index contributed by atoms with van der Waals surface area (Å²) >= 11 is 0. The minimum absolute atomic E-state index is 0.443. The molecule has 0 saturated heterocycles. The highest BCUT2D eigenvalue weighted by Crippen LogP contribution is 2.13. The Morgan fingerprint density at radius 3 is 2.69 bits per heavy atom. The summed E-state index contributed by atoms with van der Waals surface area (Å²) in [5, 5.41) is 3.33. The van der Waals surface area contributed by atoms with Crippen LogP contribution in [0.2, 0.25) is 0 Å². The zero-order valence-corrected chi connectivity index (χ0v) is 11.1. The number of hydrogen-bond acceptors (Lipinski definition) is 2. The van der Waals surface area contributed by atoms with Crippen LogP contribution in [0.5, 0.6) is 0 Å². The van der Waals surface area contributed by atoms with Crippen molar-refractivity contribution < 1.29 is 4.21 Å². The number of benzene rings is 1. The van der Waals surface area contributed by atoms with E-state index in [0.29, 0.717) is 6.04 Å². The zero-order valence-electron chi connectivity index (χ0n) is 10.3. The normalized spacial score (nSPS) is 14.7. The molecule has 0 heterocycles. The van der Waals surface area contributed by atoms with Crippen molar-refractivity contribution >= 4 is 10.8 Å². The summed E-state index contributed by atoms with van der Waals surface area (Å²) in [5.41, 5.74) is 1.12. The molecule has 2 nitrogen and oxygen atoms in total. The second kappa shape index (κ2) is 6.81. The molecule has 2 atom stereocenters. The molecule has 0 saturated carbocycles. The minimum Gasteiger partial charge on any atom is -0.315 e. The van der Waals surface area contributed by atoms with Gasteiger partial charge in [-0.05, 0) is 38.4 Å². The third-order valence-corrected chi connectivity index (χ3v) is 4.18. The van der Waals surface area contributed by atoms with Crippen molar-refractivity contribution in [2.24, 2.45) is 0 Å². The fourth-order valence-electron chi connectivity index (χ4n) is 1.66. The van der Waals surface area contributed by atoms with E-state index in [1.165, 1.54) is 0 Å². The first-order valence-electron chi connectivity index (χ1n) is 5.82. The Kier molecular flexibility index (Phi) is 5.71. The minimum atomic E-state index is -0.859. The monoisotopic (exact) mass is 239 g/mol. The Bertz CT molecular complexity index is 352. The Balaban J connectivity index is 2.50. The van der Waals surface area contributed by atoms with E-state index < -0.39 is 10.8 Å². The lowest BCUT2D eigenvalue weighted by Crippen LogP contribution is -2.27. The van der Waals surface area contributed by atoms with Gasteiger partial charge in [-0.3, -0.25) is 4.21 Å². The summed E-state index contributed by atoms with van der Waals surface area (Å²) < 4.78 is 12.1. The van der Waals surface area contributed by atoms with Gasteiger partial charge in [-0.2, -0.15) is 0 Å². The average Bonchev–Trinajstić information content (AvgIpc) is 2.27. The number of rotatable bonds is 6. The van der Waals surface area contributed by atoms with E-state index in [2.05, 4.69) is 19.2 Å². The van der Waals surface area contributed by atoms with E-state index in [-0.39, 0.29) is 0 Å². The summed E-state index contributed by atoms with van der Waals surface area (Å²) in [6.07, 6.45) is 0.953. The average molecular weight is 239 g/mol. The molecular weight excluding hydrogens is 218 g/mol. The van der Waals surface area contributed by atoms with Crippen LogP contribution in [0.4, 0.5) is 0 Å². The fourth-order valence-corrected chi connectivity index (χ4v) is 3.10. The van der Waals surface area contributed by atoms with Crippen molar-refractivity contribution in [2.45, 2.75) is 38.1 Å². The Morgan fingerprint density at radius 2 is 2.06 bits per heavy atom. The molecule has 1 aromatic carbocycles. The van der Waals surface area contributed by atoms with E-state index in [0.717, 1.165) is 29.2 Å². The summed E-state index contributed by atoms with van der Waals surface area (Å²) in [4.78, 5) is 0.978. The third-order valence-electron chi connectivity index (χ3n) is 2.63. The molecule has 1 rings (SSSR count). The van der Waals surface area contributed by atoms with Crippen molar-refractivity contribution in [3.63, 3.8) is 0 Å². The smallest absolute Gasteiger partial charge is 0.0532 e. The quantitative estimate of drug-likeness (QED) is 0.826. The molecule has 16 heavy (non-hydrogen) atoms. The second-order valence-corrected chi connectivity index (χ2v) is 5.60. The van der Waals surface area contributed by atoms with E-state index >= 15 is 0 Å². The molecule has 0 aliphatic carbocycles. The van der Waals surface area contributed by atoms with Crippen LogP contribution in [0.1, 0.15) is 25.8 Å². The highest BCUT2D eigenvalue weighted by atomic mass is 32.2. The van der Waals surface area contributed by atoms with Crippen molar-refractivity contribution in [2.75, 3.05) is 12.3 Å². The maximum Gasteiger partial charge on any atom is 0.0532 e. The highest BCUT2D eigenvalue weighted by Gasteiger charge is 2.08. The fraction of sp³-hybridized carbons (Fsp3) is 0.538. The molecule has 0 bridgehead atoms. The standard InChI is InChI=1S/C13H21NOS/c1-4-14-12(3)9-10-16(15)13-8-6-5-7-11(13)2/h5-8,12,14H,4,9-10H2,1-3H3. The van der Waals surface area contributed by atoms with Crippen LogP contribution in [-0.2, 0) is 10.8 Å². The lowest BCUT2D eigenvalue weighted by molar-refractivity contribution is 0.553. The molecule has 0 radical (unpaired) electrons.